The summed E-state index contributed by atoms with van der Waals surface area (Å²) >= 11 is 7.47. The molecule has 0 unspecified atom stereocenters. The first-order valence-electron chi connectivity index (χ1n) is 7.41. The fraction of sp³-hybridized carbons (Fsp3) is 0.533. The summed E-state index contributed by atoms with van der Waals surface area (Å²) in [5.41, 5.74) is 0. The molecule has 0 bridgehead atoms. The number of sulfone groups is 1. The lowest BCUT2D eigenvalue weighted by Gasteiger charge is -2.22. The summed E-state index contributed by atoms with van der Waals surface area (Å²) in [5.74, 6) is 1.08. The molecule has 0 aromatic heterocycles. The van der Waals surface area contributed by atoms with Gasteiger partial charge in [0, 0.05) is 28.3 Å². The van der Waals surface area contributed by atoms with Crippen LogP contribution in [0.4, 0.5) is 0 Å². The Morgan fingerprint density at radius 2 is 2.09 bits per heavy atom. The normalized spacial score (nSPS) is 19.9. The summed E-state index contributed by atoms with van der Waals surface area (Å²) in [6.07, 6.45) is 0.610. The molecular weight excluding hydrogens is 356 g/mol. The molecule has 0 spiro atoms. The van der Waals surface area contributed by atoms with Crippen molar-refractivity contribution in [3.05, 3.63) is 29.3 Å². The van der Waals surface area contributed by atoms with E-state index >= 15 is 0 Å². The average molecular weight is 377 g/mol. The zero-order valence-corrected chi connectivity index (χ0v) is 15.4. The maximum atomic E-state index is 11.9. The number of carbonyl (C=O) groups is 1. The van der Waals surface area contributed by atoms with E-state index in [0.717, 1.165) is 10.6 Å². The van der Waals surface area contributed by atoms with Crippen LogP contribution in [-0.4, -0.2) is 62.7 Å². The van der Waals surface area contributed by atoms with E-state index in [1.165, 1.54) is 0 Å². The number of hydrogen-bond donors (Lipinski definition) is 1. The Labute approximate surface area is 146 Å². The van der Waals surface area contributed by atoms with Gasteiger partial charge >= 0.3 is 0 Å². The van der Waals surface area contributed by atoms with Crippen LogP contribution in [0.25, 0.3) is 0 Å². The molecule has 1 N–H and O–H groups in total. The molecule has 1 heterocycles. The molecule has 23 heavy (non-hydrogen) atoms. The molecule has 0 saturated carbocycles. The highest BCUT2D eigenvalue weighted by Crippen LogP contribution is 2.19. The fourth-order valence-electron chi connectivity index (χ4n) is 2.42. The number of carbonyl (C=O) groups excluding carboxylic acids is 1. The minimum atomic E-state index is -2.92. The van der Waals surface area contributed by atoms with Gasteiger partial charge in [-0.15, -0.1) is 11.8 Å². The summed E-state index contributed by atoms with van der Waals surface area (Å²) in [7, 11) is -1.12. The number of rotatable bonds is 7. The highest BCUT2D eigenvalue weighted by atomic mass is 35.5. The van der Waals surface area contributed by atoms with Gasteiger partial charge in [0.1, 0.15) is 0 Å². The topological polar surface area (TPSA) is 66.5 Å². The molecule has 1 aliphatic heterocycles. The molecule has 0 aliphatic carbocycles. The third-order valence-corrected chi connectivity index (χ3v) is 6.75. The van der Waals surface area contributed by atoms with Crippen molar-refractivity contribution in [2.75, 3.05) is 37.4 Å². The van der Waals surface area contributed by atoms with Crippen LogP contribution in [0.5, 0.6) is 0 Å². The van der Waals surface area contributed by atoms with Gasteiger partial charge in [0.25, 0.3) is 0 Å². The molecule has 1 aromatic carbocycles. The number of benzene rings is 1. The van der Waals surface area contributed by atoms with Crippen molar-refractivity contribution >= 4 is 39.1 Å². The van der Waals surface area contributed by atoms with E-state index in [2.05, 4.69) is 5.32 Å². The van der Waals surface area contributed by atoms with Crippen molar-refractivity contribution in [1.29, 1.82) is 0 Å². The molecule has 1 aromatic rings. The standard InChI is InChI=1S/C15H21ClN2O3S2/c1-18(13-6-9-23(20,21)11-13)10-15(19)17-7-8-22-14-4-2-12(16)3-5-14/h2-5,13H,6-11H2,1H3,(H,17,19)/t13-/m0/s1. The van der Waals surface area contributed by atoms with Crippen molar-refractivity contribution < 1.29 is 13.2 Å². The minimum Gasteiger partial charge on any atom is -0.354 e. The van der Waals surface area contributed by atoms with Gasteiger partial charge in [-0.05, 0) is 37.7 Å². The van der Waals surface area contributed by atoms with E-state index in [0.29, 0.717) is 18.0 Å². The lowest BCUT2D eigenvalue weighted by Crippen LogP contribution is -2.41. The molecule has 5 nitrogen and oxygen atoms in total. The molecule has 1 amide bonds. The predicted molar refractivity (Wildman–Crippen MR) is 94.9 cm³/mol. The summed E-state index contributed by atoms with van der Waals surface area (Å²) in [6, 6.07) is 7.53. The number of nitrogens with zero attached hydrogens (tertiary/aromatic N) is 1. The number of thioether (sulfide) groups is 1. The van der Waals surface area contributed by atoms with Gasteiger partial charge in [0.2, 0.25) is 5.91 Å². The molecule has 1 fully saturated rings. The molecule has 2 rings (SSSR count). The molecule has 1 atom stereocenters. The SMILES string of the molecule is CN(CC(=O)NCCSc1ccc(Cl)cc1)[C@H]1CCS(=O)(=O)C1. The predicted octanol–water partition coefficient (Wildman–Crippen LogP) is 1.67. The van der Waals surface area contributed by atoms with Gasteiger partial charge in [-0.25, -0.2) is 8.42 Å². The van der Waals surface area contributed by atoms with Crippen LogP contribution < -0.4 is 5.32 Å². The molecular formula is C15H21ClN2O3S2. The van der Waals surface area contributed by atoms with E-state index in [1.54, 1.807) is 18.8 Å². The van der Waals surface area contributed by atoms with Gasteiger partial charge < -0.3 is 5.32 Å². The van der Waals surface area contributed by atoms with Crippen LogP contribution in [0.2, 0.25) is 5.02 Å². The van der Waals surface area contributed by atoms with Gasteiger partial charge in [-0.3, -0.25) is 9.69 Å². The highest BCUT2D eigenvalue weighted by Gasteiger charge is 2.31. The van der Waals surface area contributed by atoms with E-state index < -0.39 is 9.84 Å². The molecule has 1 saturated heterocycles. The Morgan fingerprint density at radius 3 is 2.70 bits per heavy atom. The quantitative estimate of drug-likeness (QED) is 0.579. The second-order valence-corrected chi connectivity index (χ2v) is 9.46. The van der Waals surface area contributed by atoms with Crippen molar-refractivity contribution in [3.8, 4) is 0 Å². The van der Waals surface area contributed by atoms with Gasteiger partial charge in [-0.2, -0.15) is 0 Å². The first-order valence-corrected chi connectivity index (χ1v) is 10.6. The van der Waals surface area contributed by atoms with Crippen LogP contribution >= 0.6 is 23.4 Å². The van der Waals surface area contributed by atoms with Crippen LogP contribution in [0.3, 0.4) is 0 Å². The Morgan fingerprint density at radius 1 is 1.39 bits per heavy atom. The number of halogens is 1. The van der Waals surface area contributed by atoms with Gasteiger partial charge in [0.05, 0.1) is 18.1 Å². The largest absolute Gasteiger partial charge is 0.354 e. The summed E-state index contributed by atoms with van der Waals surface area (Å²) < 4.78 is 22.9. The molecule has 1 aliphatic rings. The van der Waals surface area contributed by atoms with E-state index in [9.17, 15) is 13.2 Å². The van der Waals surface area contributed by atoms with Crippen molar-refractivity contribution in [1.82, 2.24) is 10.2 Å². The van der Waals surface area contributed by atoms with Crippen molar-refractivity contribution in [2.45, 2.75) is 17.4 Å². The molecule has 8 heteroatoms. The van der Waals surface area contributed by atoms with Gasteiger partial charge in [0.15, 0.2) is 9.84 Å². The molecule has 0 radical (unpaired) electrons. The van der Waals surface area contributed by atoms with E-state index in [-0.39, 0.29) is 30.0 Å². The Bertz CT molecular complexity index is 635. The maximum absolute atomic E-state index is 11.9. The number of amides is 1. The first kappa shape index (κ1) is 18.6. The second-order valence-electron chi connectivity index (χ2n) is 5.62. The van der Waals surface area contributed by atoms with Crippen LogP contribution in [0, 0.1) is 0 Å². The monoisotopic (exact) mass is 376 g/mol. The second kappa shape index (κ2) is 8.37. The minimum absolute atomic E-state index is 0.0470. The number of likely N-dealkylation sites (N-methyl/N-ethyl adjacent to an activating group) is 1. The lowest BCUT2D eigenvalue weighted by atomic mass is 10.2. The van der Waals surface area contributed by atoms with E-state index in [1.807, 2.05) is 29.2 Å². The van der Waals surface area contributed by atoms with Gasteiger partial charge in [-0.1, -0.05) is 11.6 Å². The highest BCUT2D eigenvalue weighted by molar-refractivity contribution is 7.99. The molecule has 128 valence electrons. The maximum Gasteiger partial charge on any atom is 0.234 e. The Hall–Kier alpha value is -0.760. The van der Waals surface area contributed by atoms with Crippen molar-refractivity contribution in [2.24, 2.45) is 0 Å². The summed E-state index contributed by atoms with van der Waals surface area (Å²) in [6.45, 7) is 0.800. The Kier molecular flexibility index (Phi) is 6.76. The fourth-order valence-corrected chi connectivity index (χ4v) is 5.12. The van der Waals surface area contributed by atoms with Crippen LogP contribution in [0.1, 0.15) is 6.42 Å². The number of hydrogen-bond acceptors (Lipinski definition) is 5. The lowest BCUT2D eigenvalue weighted by molar-refractivity contribution is -0.122. The van der Waals surface area contributed by atoms with Crippen LogP contribution in [-0.2, 0) is 14.6 Å². The average Bonchev–Trinajstić information content (AvgIpc) is 2.86. The van der Waals surface area contributed by atoms with Crippen molar-refractivity contribution in [3.63, 3.8) is 0 Å². The third kappa shape index (κ3) is 6.33. The third-order valence-electron chi connectivity index (χ3n) is 3.73. The number of nitrogens with one attached hydrogen (secondary N) is 1. The zero-order valence-electron chi connectivity index (χ0n) is 13.0. The zero-order chi connectivity index (χ0) is 16.9. The smallest absolute Gasteiger partial charge is 0.234 e. The van der Waals surface area contributed by atoms with Crippen LogP contribution in [0.15, 0.2) is 29.2 Å². The van der Waals surface area contributed by atoms with E-state index in [4.69, 9.17) is 11.6 Å². The summed E-state index contributed by atoms with van der Waals surface area (Å²) in [4.78, 5) is 14.8. The Balaban J connectivity index is 1.64. The first-order chi connectivity index (χ1) is 10.9. The summed E-state index contributed by atoms with van der Waals surface area (Å²) in [5, 5.41) is 3.57.